The van der Waals surface area contributed by atoms with Gasteiger partial charge in [-0.05, 0) is 122 Å². The first-order valence-corrected chi connectivity index (χ1v) is 16.5. The molecule has 0 nitrogen and oxygen atoms in total. The SMILES string of the molecule is C=C(CC1CCC2(C)C(=CCC3C2CCC2(C)C(C(C)CCCC(C)C)CCC32)C1)C(C)CCCC. The molecule has 206 valence electrons. The van der Waals surface area contributed by atoms with Crippen molar-refractivity contribution in [1.29, 1.82) is 0 Å². The first kappa shape index (κ1) is 28.5. The number of allylic oxidation sites excluding steroid dienone is 3. The maximum Gasteiger partial charge on any atom is -0.00851 e. The zero-order valence-electron chi connectivity index (χ0n) is 25.5. The maximum absolute atomic E-state index is 4.56. The lowest BCUT2D eigenvalue weighted by Gasteiger charge is -2.58. The number of unbranched alkanes of at least 4 members (excludes halogenated alkanes) is 1. The van der Waals surface area contributed by atoms with Crippen molar-refractivity contribution in [2.45, 2.75) is 145 Å². The third-order valence-electron chi connectivity index (χ3n) is 12.6. The van der Waals surface area contributed by atoms with Gasteiger partial charge < -0.3 is 0 Å². The van der Waals surface area contributed by atoms with Gasteiger partial charge in [-0.2, -0.15) is 0 Å². The summed E-state index contributed by atoms with van der Waals surface area (Å²) in [6.45, 7) is 22.1. The molecule has 0 aromatic rings. The molecule has 0 aromatic carbocycles. The van der Waals surface area contributed by atoms with E-state index in [9.17, 15) is 0 Å². The second kappa shape index (κ2) is 11.7. The van der Waals surface area contributed by atoms with Crippen LogP contribution in [0.4, 0.5) is 0 Å². The fraction of sp³-hybridized carbons (Fsp3) is 0.889. The van der Waals surface area contributed by atoms with Gasteiger partial charge in [0, 0.05) is 0 Å². The minimum absolute atomic E-state index is 0.497. The molecule has 3 saturated carbocycles. The van der Waals surface area contributed by atoms with Crippen LogP contribution in [0.2, 0.25) is 0 Å². The third kappa shape index (κ3) is 5.59. The van der Waals surface area contributed by atoms with E-state index in [1.54, 1.807) is 5.57 Å². The number of fused-ring (bicyclic) bond motifs is 5. The molecule has 4 aliphatic rings. The van der Waals surface area contributed by atoms with Crippen LogP contribution < -0.4 is 0 Å². The monoisotopic (exact) mass is 494 g/mol. The first-order valence-electron chi connectivity index (χ1n) is 16.5. The van der Waals surface area contributed by atoms with Crippen molar-refractivity contribution in [3.8, 4) is 0 Å². The molecule has 0 heteroatoms. The van der Waals surface area contributed by atoms with Crippen LogP contribution in [0.15, 0.2) is 23.8 Å². The highest BCUT2D eigenvalue weighted by atomic mass is 14.6. The highest BCUT2D eigenvalue weighted by Crippen LogP contribution is 2.67. The zero-order valence-corrected chi connectivity index (χ0v) is 25.5. The van der Waals surface area contributed by atoms with Gasteiger partial charge in [0.05, 0.1) is 0 Å². The summed E-state index contributed by atoms with van der Waals surface area (Å²) in [7, 11) is 0. The highest BCUT2D eigenvalue weighted by Gasteiger charge is 2.59. The molecule has 9 unspecified atom stereocenters. The van der Waals surface area contributed by atoms with Gasteiger partial charge in [0.15, 0.2) is 0 Å². The fourth-order valence-electron chi connectivity index (χ4n) is 10.2. The molecule has 0 saturated heterocycles. The maximum atomic E-state index is 4.56. The van der Waals surface area contributed by atoms with Crippen LogP contribution in [-0.4, -0.2) is 0 Å². The predicted molar refractivity (Wildman–Crippen MR) is 159 cm³/mol. The zero-order chi connectivity index (χ0) is 26.1. The van der Waals surface area contributed by atoms with Crippen LogP contribution in [-0.2, 0) is 0 Å². The van der Waals surface area contributed by atoms with Gasteiger partial charge in [0.1, 0.15) is 0 Å². The minimum Gasteiger partial charge on any atom is -0.0996 e. The van der Waals surface area contributed by atoms with Crippen LogP contribution in [0.1, 0.15) is 145 Å². The quantitative estimate of drug-likeness (QED) is 0.250. The van der Waals surface area contributed by atoms with Gasteiger partial charge in [-0.25, -0.2) is 0 Å². The number of hydrogen-bond donors (Lipinski definition) is 0. The van der Waals surface area contributed by atoms with Crippen molar-refractivity contribution < 1.29 is 0 Å². The van der Waals surface area contributed by atoms with E-state index in [4.69, 9.17) is 0 Å². The summed E-state index contributed by atoms with van der Waals surface area (Å²) in [5.41, 5.74) is 4.52. The molecular formula is C36H62. The van der Waals surface area contributed by atoms with E-state index < -0.39 is 0 Å². The molecule has 36 heavy (non-hydrogen) atoms. The Kier molecular flexibility index (Phi) is 9.26. The normalized spacial score (nSPS) is 39.7. The molecule has 4 aliphatic carbocycles. The average Bonchev–Trinajstić information content (AvgIpc) is 3.19. The summed E-state index contributed by atoms with van der Waals surface area (Å²) in [6.07, 6.45) is 24.1. The van der Waals surface area contributed by atoms with Crippen molar-refractivity contribution in [2.75, 3.05) is 0 Å². The first-order chi connectivity index (χ1) is 17.1. The molecule has 0 aliphatic heterocycles. The lowest BCUT2D eigenvalue weighted by molar-refractivity contribution is -0.0527. The molecule has 9 atom stereocenters. The largest absolute Gasteiger partial charge is 0.0996 e. The Balaban J connectivity index is 1.40. The molecule has 0 bridgehead atoms. The molecule has 3 fully saturated rings. The Morgan fingerprint density at radius 1 is 0.944 bits per heavy atom. The topological polar surface area (TPSA) is 0 Å². The Labute approximate surface area is 226 Å². The Morgan fingerprint density at radius 3 is 2.44 bits per heavy atom. The molecule has 0 aromatic heterocycles. The predicted octanol–water partition coefficient (Wildman–Crippen LogP) is 11.4. The van der Waals surface area contributed by atoms with E-state index in [0.717, 1.165) is 41.4 Å². The lowest BCUT2D eigenvalue weighted by atomic mass is 9.46. The molecule has 0 spiro atoms. The fourth-order valence-corrected chi connectivity index (χ4v) is 10.2. The smallest absolute Gasteiger partial charge is 0.00851 e. The van der Waals surface area contributed by atoms with Crippen LogP contribution >= 0.6 is 0 Å². The number of rotatable bonds is 11. The summed E-state index contributed by atoms with van der Waals surface area (Å²) in [5.74, 6) is 7.23. The Hall–Kier alpha value is -0.520. The third-order valence-corrected chi connectivity index (χ3v) is 12.6. The van der Waals surface area contributed by atoms with Gasteiger partial charge in [0.2, 0.25) is 0 Å². The van der Waals surface area contributed by atoms with Crippen molar-refractivity contribution in [2.24, 2.45) is 58.2 Å². The van der Waals surface area contributed by atoms with E-state index in [1.165, 1.54) is 96.3 Å². The van der Waals surface area contributed by atoms with Crippen molar-refractivity contribution in [3.05, 3.63) is 23.8 Å². The number of hydrogen-bond acceptors (Lipinski definition) is 0. The lowest BCUT2D eigenvalue weighted by Crippen LogP contribution is -2.50. The van der Waals surface area contributed by atoms with E-state index >= 15 is 0 Å². The van der Waals surface area contributed by atoms with Gasteiger partial charge in [-0.1, -0.05) is 104 Å². The average molecular weight is 495 g/mol. The summed E-state index contributed by atoms with van der Waals surface area (Å²) >= 11 is 0. The molecule has 0 radical (unpaired) electrons. The van der Waals surface area contributed by atoms with E-state index in [0.29, 0.717) is 16.7 Å². The van der Waals surface area contributed by atoms with E-state index in [2.05, 4.69) is 61.1 Å². The van der Waals surface area contributed by atoms with Crippen molar-refractivity contribution in [3.63, 3.8) is 0 Å². The summed E-state index contributed by atoms with van der Waals surface area (Å²) in [5, 5.41) is 0. The molecule has 4 rings (SSSR count). The molecular weight excluding hydrogens is 432 g/mol. The Bertz CT molecular complexity index is 771. The molecule has 0 N–H and O–H groups in total. The van der Waals surface area contributed by atoms with Crippen LogP contribution in [0.25, 0.3) is 0 Å². The van der Waals surface area contributed by atoms with Gasteiger partial charge in [0.25, 0.3) is 0 Å². The molecule has 0 amide bonds. The standard InChI is InChI=1S/C36H62/c1-9-10-13-26(4)28(6)23-29-19-21-35(7)30(24-29)15-16-31-33-18-17-32(27(5)14-11-12-25(2)3)36(33,8)22-20-34(31)35/h15,25-27,29,31-34H,6,9-14,16-24H2,1-5,7-8H3. The summed E-state index contributed by atoms with van der Waals surface area (Å²) in [4.78, 5) is 0. The second-order valence-corrected chi connectivity index (χ2v) is 15.3. The second-order valence-electron chi connectivity index (χ2n) is 15.3. The van der Waals surface area contributed by atoms with Crippen LogP contribution in [0.3, 0.4) is 0 Å². The minimum atomic E-state index is 0.497. The van der Waals surface area contributed by atoms with Crippen LogP contribution in [0.5, 0.6) is 0 Å². The van der Waals surface area contributed by atoms with Crippen molar-refractivity contribution >= 4 is 0 Å². The molecule has 0 heterocycles. The van der Waals surface area contributed by atoms with Crippen molar-refractivity contribution in [1.82, 2.24) is 0 Å². The van der Waals surface area contributed by atoms with Gasteiger partial charge in [-0.15, -0.1) is 0 Å². The van der Waals surface area contributed by atoms with Gasteiger partial charge >= 0.3 is 0 Å². The van der Waals surface area contributed by atoms with E-state index in [1.807, 2.05) is 5.57 Å². The summed E-state index contributed by atoms with van der Waals surface area (Å²) in [6, 6.07) is 0. The van der Waals surface area contributed by atoms with E-state index in [-0.39, 0.29) is 0 Å². The summed E-state index contributed by atoms with van der Waals surface area (Å²) < 4.78 is 0. The van der Waals surface area contributed by atoms with Crippen LogP contribution in [0, 0.1) is 58.2 Å². The Morgan fingerprint density at radius 2 is 1.72 bits per heavy atom. The highest BCUT2D eigenvalue weighted by molar-refractivity contribution is 5.25. The van der Waals surface area contributed by atoms with Gasteiger partial charge in [-0.3, -0.25) is 0 Å².